The summed E-state index contributed by atoms with van der Waals surface area (Å²) in [4.78, 5) is 7.80. The Labute approximate surface area is 160 Å². The summed E-state index contributed by atoms with van der Waals surface area (Å²) >= 11 is 1.89. The van der Waals surface area contributed by atoms with Crippen molar-refractivity contribution in [1.29, 1.82) is 0 Å². The van der Waals surface area contributed by atoms with E-state index in [-0.39, 0.29) is 12.4 Å². The lowest BCUT2D eigenvalue weighted by atomic mass is 10.1. The zero-order valence-electron chi connectivity index (χ0n) is 14.6. The quantitative estimate of drug-likeness (QED) is 0.752. The van der Waals surface area contributed by atoms with Crippen LogP contribution in [0.2, 0.25) is 0 Å². The number of para-hydroxylation sites is 2. The van der Waals surface area contributed by atoms with Crippen molar-refractivity contribution in [2.45, 2.75) is 16.2 Å². The molecule has 2 aliphatic heterocycles. The van der Waals surface area contributed by atoms with Gasteiger partial charge in [0.05, 0.1) is 18.0 Å². The van der Waals surface area contributed by atoms with E-state index in [4.69, 9.17) is 4.74 Å². The maximum absolute atomic E-state index is 5.23. The molecule has 2 aliphatic rings. The highest BCUT2D eigenvalue weighted by Gasteiger charge is 2.28. The molecular weight excluding hydrogens is 352 g/mol. The molecule has 1 fully saturated rings. The van der Waals surface area contributed by atoms with Gasteiger partial charge >= 0.3 is 0 Å². The predicted molar refractivity (Wildman–Crippen MR) is 108 cm³/mol. The fourth-order valence-electron chi connectivity index (χ4n) is 3.72. The molecule has 5 heteroatoms. The van der Waals surface area contributed by atoms with Gasteiger partial charge in [-0.15, -0.1) is 12.4 Å². The number of hydrogen-bond donors (Lipinski definition) is 0. The van der Waals surface area contributed by atoms with Gasteiger partial charge in [0.1, 0.15) is 0 Å². The van der Waals surface area contributed by atoms with E-state index in [9.17, 15) is 0 Å². The van der Waals surface area contributed by atoms with Gasteiger partial charge < -0.3 is 14.5 Å². The van der Waals surface area contributed by atoms with E-state index in [0.29, 0.717) is 5.92 Å². The highest BCUT2D eigenvalue weighted by Crippen LogP contribution is 2.48. The Morgan fingerprint density at radius 3 is 2.32 bits per heavy atom. The maximum Gasteiger partial charge on any atom is 0.0589 e. The molecule has 0 aliphatic carbocycles. The molecule has 0 spiro atoms. The molecular formula is C20H25ClN2OS. The molecule has 0 aromatic heterocycles. The number of hydrogen-bond acceptors (Lipinski definition) is 4. The van der Waals surface area contributed by atoms with Gasteiger partial charge in [0.15, 0.2) is 0 Å². The van der Waals surface area contributed by atoms with Crippen LogP contribution in [0.1, 0.15) is 6.42 Å². The molecule has 2 aromatic rings. The lowest BCUT2D eigenvalue weighted by Crippen LogP contribution is -2.30. The third-order valence-electron chi connectivity index (χ3n) is 4.95. The summed E-state index contributed by atoms with van der Waals surface area (Å²) in [7, 11) is 1.78. The number of halogens is 1. The molecule has 1 atom stereocenters. The Morgan fingerprint density at radius 1 is 1.04 bits per heavy atom. The minimum Gasteiger partial charge on any atom is -0.383 e. The summed E-state index contributed by atoms with van der Waals surface area (Å²) in [6.07, 6.45) is 1.28. The van der Waals surface area contributed by atoms with E-state index in [1.807, 2.05) is 11.8 Å². The van der Waals surface area contributed by atoms with E-state index >= 15 is 0 Å². The van der Waals surface area contributed by atoms with Gasteiger partial charge in [0.25, 0.3) is 0 Å². The first-order valence-corrected chi connectivity index (χ1v) is 9.51. The molecule has 0 saturated carbocycles. The molecule has 1 unspecified atom stereocenters. The normalized spacial score (nSPS) is 19.2. The Morgan fingerprint density at radius 2 is 1.68 bits per heavy atom. The van der Waals surface area contributed by atoms with Crippen LogP contribution >= 0.6 is 24.2 Å². The third-order valence-corrected chi connectivity index (χ3v) is 6.08. The summed E-state index contributed by atoms with van der Waals surface area (Å²) in [5.74, 6) is 0.714. The summed E-state index contributed by atoms with van der Waals surface area (Å²) in [6, 6.07) is 17.6. The second kappa shape index (κ2) is 8.45. The van der Waals surface area contributed by atoms with Crippen LogP contribution in [-0.4, -0.2) is 44.8 Å². The number of rotatable bonds is 5. The number of anilines is 2. The first kappa shape index (κ1) is 18.6. The molecule has 0 N–H and O–H groups in total. The van der Waals surface area contributed by atoms with Gasteiger partial charge in [-0.05, 0) is 43.1 Å². The van der Waals surface area contributed by atoms with E-state index in [2.05, 4.69) is 58.3 Å². The minimum atomic E-state index is 0. The predicted octanol–water partition coefficient (Wildman–Crippen LogP) is 4.68. The van der Waals surface area contributed by atoms with Crippen molar-refractivity contribution >= 4 is 35.5 Å². The second-order valence-electron chi connectivity index (χ2n) is 6.60. The lowest BCUT2D eigenvalue weighted by Gasteiger charge is -2.34. The van der Waals surface area contributed by atoms with Crippen LogP contribution in [-0.2, 0) is 4.74 Å². The van der Waals surface area contributed by atoms with Gasteiger partial charge in [-0.25, -0.2) is 0 Å². The minimum absolute atomic E-state index is 0. The molecule has 1 saturated heterocycles. The van der Waals surface area contributed by atoms with Crippen LogP contribution in [0.15, 0.2) is 58.3 Å². The molecule has 0 bridgehead atoms. The van der Waals surface area contributed by atoms with E-state index in [1.54, 1.807) is 7.11 Å². The monoisotopic (exact) mass is 376 g/mol. The molecule has 25 heavy (non-hydrogen) atoms. The van der Waals surface area contributed by atoms with Crippen molar-refractivity contribution in [2.75, 3.05) is 44.8 Å². The van der Waals surface area contributed by atoms with Crippen molar-refractivity contribution in [3.63, 3.8) is 0 Å². The Hall–Kier alpha value is -1.20. The van der Waals surface area contributed by atoms with Crippen molar-refractivity contribution in [3.8, 4) is 0 Å². The number of nitrogens with zero attached hydrogens (tertiary/aromatic N) is 2. The topological polar surface area (TPSA) is 15.7 Å². The van der Waals surface area contributed by atoms with Crippen LogP contribution in [0, 0.1) is 5.92 Å². The number of fused-ring (bicyclic) bond motifs is 2. The van der Waals surface area contributed by atoms with Gasteiger partial charge in [0, 0.05) is 36.5 Å². The van der Waals surface area contributed by atoms with E-state index < -0.39 is 0 Å². The van der Waals surface area contributed by atoms with Crippen molar-refractivity contribution in [1.82, 2.24) is 4.90 Å². The van der Waals surface area contributed by atoms with E-state index in [1.165, 1.54) is 40.7 Å². The summed E-state index contributed by atoms with van der Waals surface area (Å²) in [6.45, 7) is 5.35. The number of methoxy groups -OCH3 is 1. The molecule has 134 valence electrons. The molecule has 3 nitrogen and oxygen atoms in total. The summed E-state index contributed by atoms with van der Waals surface area (Å²) in [5.41, 5.74) is 2.72. The first-order chi connectivity index (χ1) is 11.8. The Bertz CT molecular complexity index is 666. The molecule has 0 radical (unpaired) electrons. The van der Waals surface area contributed by atoms with E-state index in [0.717, 1.165) is 19.7 Å². The van der Waals surface area contributed by atoms with Gasteiger partial charge in [-0.3, -0.25) is 0 Å². The van der Waals surface area contributed by atoms with Crippen molar-refractivity contribution in [2.24, 2.45) is 5.92 Å². The van der Waals surface area contributed by atoms with Gasteiger partial charge in [-0.2, -0.15) is 0 Å². The van der Waals surface area contributed by atoms with Crippen LogP contribution in [0.3, 0.4) is 0 Å². The Balaban J connectivity index is 0.00000182. The summed E-state index contributed by atoms with van der Waals surface area (Å²) in [5, 5.41) is 0. The molecule has 2 aromatic carbocycles. The second-order valence-corrected chi connectivity index (χ2v) is 7.68. The average Bonchev–Trinajstić information content (AvgIpc) is 3.07. The van der Waals surface area contributed by atoms with Crippen LogP contribution in [0.5, 0.6) is 0 Å². The zero-order valence-corrected chi connectivity index (χ0v) is 16.2. The molecule has 0 amide bonds. The largest absolute Gasteiger partial charge is 0.383 e. The van der Waals surface area contributed by atoms with Gasteiger partial charge in [-0.1, -0.05) is 36.0 Å². The highest BCUT2D eigenvalue weighted by molar-refractivity contribution is 7.99. The van der Waals surface area contributed by atoms with Crippen LogP contribution in [0.25, 0.3) is 0 Å². The number of ether oxygens (including phenoxy) is 1. The number of likely N-dealkylation sites (tertiary alicyclic amines) is 1. The lowest BCUT2D eigenvalue weighted by molar-refractivity contribution is 0.159. The third kappa shape index (κ3) is 3.98. The summed E-state index contributed by atoms with van der Waals surface area (Å²) < 4.78 is 5.23. The fraction of sp³-hybridized carbons (Fsp3) is 0.400. The molecule has 4 rings (SSSR count). The highest BCUT2D eigenvalue weighted by atomic mass is 35.5. The smallest absolute Gasteiger partial charge is 0.0589 e. The van der Waals surface area contributed by atoms with Gasteiger partial charge in [0.2, 0.25) is 0 Å². The van der Waals surface area contributed by atoms with Crippen LogP contribution < -0.4 is 4.90 Å². The Kier molecular flexibility index (Phi) is 6.29. The maximum atomic E-state index is 5.23. The fourth-order valence-corrected chi connectivity index (χ4v) is 4.82. The van der Waals surface area contributed by atoms with Crippen molar-refractivity contribution in [3.05, 3.63) is 48.5 Å². The zero-order chi connectivity index (χ0) is 16.4. The first-order valence-electron chi connectivity index (χ1n) is 8.70. The average molecular weight is 377 g/mol. The number of benzene rings is 2. The van der Waals surface area contributed by atoms with Crippen molar-refractivity contribution < 1.29 is 4.74 Å². The van der Waals surface area contributed by atoms with Crippen LogP contribution in [0.4, 0.5) is 11.4 Å². The standard InChI is InChI=1S/C20H24N2OS.ClH/c1-23-13-12-21-11-10-16(14-21)15-22-17-6-2-4-8-19(17)24-20-9-5-3-7-18(20)22;/h2-9,16H,10-15H2,1H3;1H. The SMILES string of the molecule is COCCN1CCC(CN2c3ccccc3Sc3ccccc32)C1.Cl. The molecule has 2 heterocycles.